The topological polar surface area (TPSA) is 41.5 Å². The Morgan fingerprint density at radius 1 is 1.41 bits per heavy atom. The van der Waals surface area contributed by atoms with Gasteiger partial charge in [0, 0.05) is 11.6 Å². The van der Waals surface area contributed by atoms with Gasteiger partial charge in [-0.3, -0.25) is 0 Å². The van der Waals surface area contributed by atoms with Gasteiger partial charge in [-0.2, -0.15) is 0 Å². The number of hydrogen-bond donors (Lipinski definition) is 2. The van der Waals surface area contributed by atoms with Crippen molar-refractivity contribution < 1.29 is 9.84 Å². The summed E-state index contributed by atoms with van der Waals surface area (Å²) in [7, 11) is 0. The lowest BCUT2D eigenvalue weighted by atomic mass is 10.0. The van der Waals surface area contributed by atoms with Gasteiger partial charge < -0.3 is 15.2 Å². The van der Waals surface area contributed by atoms with Crippen LogP contribution in [0.25, 0.3) is 0 Å². The van der Waals surface area contributed by atoms with Gasteiger partial charge in [-0.05, 0) is 25.5 Å². The van der Waals surface area contributed by atoms with E-state index in [1.807, 2.05) is 24.3 Å². The molecule has 0 aromatic heterocycles. The molecule has 94 valence electrons. The third-order valence-electron chi connectivity index (χ3n) is 3.19. The molecule has 1 heterocycles. The lowest BCUT2D eigenvalue weighted by Gasteiger charge is -2.17. The number of nitrogens with one attached hydrogen (secondary N) is 1. The Kier molecular flexibility index (Phi) is 4.40. The van der Waals surface area contributed by atoms with Crippen molar-refractivity contribution in [2.45, 2.75) is 38.3 Å². The van der Waals surface area contributed by atoms with Gasteiger partial charge in [0.2, 0.25) is 0 Å². The normalized spacial score (nSPS) is 23.6. The molecule has 0 amide bonds. The van der Waals surface area contributed by atoms with Crippen LogP contribution in [0.1, 0.15) is 37.9 Å². The predicted octanol–water partition coefficient (Wildman–Crippen LogP) is 2.26. The maximum atomic E-state index is 10.1. The zero-order valence-electron chi connectivity index (χ0n) is 10.4. The second kappa shape index (κ2) is 6.03. The number of unbranched alkanes of at least 4 members (excludes halogenated alkanes) is 1. The number of hydrogen-bond acceptors (Lipinski definition) is 3. The quantitative estimate of drug-likeness (QED) is 0.787. The number of aliphatic hydroxyl groups is 1. The highest BCUT2D eigenvalue weighted by Gasteiger charge is 2.23. The second-order valence-corrected chi connectivity index (χ2v) is 4.60. The predicted molar refractivity (Wildman–Crippen MR) is 68.2 cm³/mol. The summed E-state index contributed by atoms with van der Waals surface area (Å²) in [6.45, 7) is 3.81. The molecule has 3 heteroatoms. The molecule has 0 aliphatic carbocycles. The summed E-state index contributed by atoms with van der Waals surface area (Å²) < 4.78 is 5.74. The van der Waals surface area contributed by atoms with Crippen LogP contribution in [-0.2, 0) is 0 Å². The van der Waals surface area contributed by atoms with Crippen LogP contribution in [0.4, 0.5) is 0 Å². The Bertz CT molecular complexity index is 354. The third-order valence-corrected chi connectivity index (χ3v) is 3.19. The van der Waals surface area contributed by atoms with Gasteiger partial charge in [0.05, 0.1) is 6.10 Å². The second-order valence-electron chi connectivity index (χ2n) is 4.60. The molecular formula is C14H21NO2. The number of aliphatic hydroxyl groups excluding tert-OH is 1. The molecule has 1 aromatic carbocycles. The fourth-order valence-electron chi connectivity index (χ4n) is 2.17. The number of rotatable bonds is 4. The fraction of sp³-hybridized carbons (Fsp3) is 0.571. The van der Waals surface area contributed by atoms with E-state index < -0.39 is 6.10 Å². The monoisotopic (exact) mass is 235 g/mol. The van der Waals surface area contributed by atoms with E-state index in [-0.39, 0.29) is 6.04 Å². The molecule has 2 N–H and O–H groups in total. The molecule has 2 atom stereocenters. The Labute approximate surface area is 103 Å². The van der Waals surface area contributed by atoms with E-state index >= 15 is 0 Å². The highest BCUT2D eigenvalue weighted by molar-refractivity contribution is 5.35. The first kappa shape index (κ1) is 12.4. The van der Waals surface area contributed by atoms with Crippen LogP contribution in [0.3, 0.4) is 0 Å². The smallest absolute Gasteiger partial charge is 0.125 e. The van der Waals surface area contributed by atoms with E-state index in [1.54, 1.807) is 0 Å². The van der Waals surface area contributed by atoms with E-state index in [2.05, 4.69) is 12.2 Å². The Balaban J connectivity index is 1.97. The molecule has 0 saturated heterocycles. The van der Waals surface area contributed by atoms with E-state index in [0.717, 1.165) is 24.3 Å². The Hall–Kier alpha value is -1.06. The van der Waals surface area contributed by atoms with Gasteiger partial charge in [-0.25, -0.2) is 0 Å². The molecule has 1 aliphatic heterocycles. The molecule has 0 bridgehead atoms. The summed E-state index contributed by atoms with van der Waals surface area (Å²) in [5.41, 5.74) is 0.910. The zero-order valence-corrected chi connectivity index (χ0v) is 10.4. The van der Waals surface area contributed by atoms with Crippen LogP contribution in [0, 0.1) is 0 Å². The van der Waals surface area contributed by atoms with Crippen LogP contribution < -0.4 is 10.1 Å². The lowest BCUT2D eigenvalue weighted by molar-refractivity contribution is 0.151. The minimum Gasteiger partial charge on any atom is -0.492 e. The number of benzene rings is 1. The van der Waals surface area contributed by atoms with Crippen molar-refractivity contribution in [1.82, 2.24) is 5.32 Å². The summed E-state index contributed by atoms with van der Waals surface area (Å²) in [5, 5.41) is 13.6. The van der Waals surface area contributed by atoms with E-state index in [0.29, 0.717) is 6.61 Å². The van der Waals surface area contributed by atoms with Crippen LogP contribution in [-0.4, -0.2) is 24.3 Å². The van der Waals surface area contributed by atoms with Crippen LogP contribution >= 0.6 is 0 Å². The molecule has 0 spiro atoms. The Morgan fingerprint density at radius 2 is 2.24 bits per heavy atom. The van der Waals surface area contributed by atoms with Crippen molar-refractivity contribution in [2.24, 2.45) is 0 Å². The van der Waals surface area contributed by atoms with Gasteiger partial charge in [0.1, 0.15) is 12.4 Å². The standard InChI is InChI=1S/C14H21NO2/c1-2-3-8-15-11-9-13(16)12-6-4-5-7-14(12)17-10-11/h4-7,11,13,15-16H,2-3,8-10H2,1H3/t11-,13-/m1/s1. The number of fused-ring (bicyclic) bond motifs is 1. The molecule has 0 radical (unpaired) electrons. The fourth-order valence-corrected chi connectivity index (χ4v) is 2.17. The molecule has 0 unspecified atom stereocenters. The van der Waals surface area contributed by atoms with Gasteiger partial charge in [0.25, 0.3) is 0 Å². The third kappa shape index (κ3) is 3.20. The molecule has 17 heavy (non-hydrogen) atoms. The van der Waals surface area contributed by atoms with Crippen molar-refractivity contribution in [3.05, 3.63) is 29.8 Å². The summed E-state index contributed by atoms with van der Waals surface area (Å²) in [6, 6.07) is 7.98. The largest absolute Gasteiger partial charge is 0.492 e. The molecule has 0 fully saturated rings. The average molecular weight is 235 g/mol. The zero-order chi connectivity index (χ0) is 12.1. The first-order valence-corrected chi connectivity index (χ1v) is 6.44. The van der Waals surface area contributed by atoms with Gasteiger partial charge in [0.15, 0.2) is 0 Å². The molecule has 3 nitrogen and oxygen atoms in total. The van der Waals surface area contributed by atoms with Crippen LogP contribution in [0.15, 0.2) is 24.3 Å². The number of para-hydroxylation sites is 1. The van der Waals surface area contributed by atoms with Crippen molar-refractivity contribution in [1.29, 1.82) is 0 Å². The summed E-state index contributed by atoms with van der Waals surface area (Å²) in [6.07, 6.45) is 2.65. The summed E-state index contributed by atoms with van der Waals surface area (Å²) in [5.74, 6) is 0.819. The molecule has 1 aliphatic rings. The van der Waals surface area contributed by atoms with E-state index in [9.17, 15) is 5.11 Å². The minimum atomic E-state index is -0.423. The van der Waals surface area contributed by atoms with Crippen molar-refractivity contribution in [2.75, 3.05) is 13.2 Å². The molecule has 0 saturated carbocycles. The van der Waals surface area contributed by atoms with Crippen LogP contribution in [0.2, 0.25) is 0 Å². The molecule has 2 rings (SSSR count). The summed E-state index contributed by atoms with van der Waals surface area (Å²) in [4.78, 5) is 0. The maximum Gasteiger partial charge on any atom is 0.125 e. The van der Waals surface area contributed by atoms with Crippen LogP contribution in [0.5, 0.6) is 5.75 Å². The van der Waals surface area contributed by atoms with Crippen molar-refractivity contribution >= 4 is 0 Å². The van der Waals surface area contributed by atoms with Crippen molar-refractivity contribution in [3.8, 4) is 5.75 Å². The maximum absolute atomic E-state index is 10.1. The Morgan fingerprint density at radius 3 is 3.06 bits per heavy atom. The first-order chi connectivity index (χ1) is 8.31. The minimum absolute atomic E-state index is 0.240. The van der Waals surface area contributed by atoms with Gasteiger partial charge >= 0.3 is 0 Å². The van der Waals surface area contributed by atoms with E-state index in [1.165, 1.54) is 12.8 Å². The van der Waals surface area contributed by atoms with Gasteiger partial charge in [-0.15, -0.1) is 0 Å². The first-order valence-electron chi connectivity index (χ1n) is 6.44. The highest BCUT2D eigenvalue weighted by atomic mass is 16.5. The molecule has 1 aromatic rings. The summed E-state index contributed by atoms with van der Waals surface area (Å²) >= 11 is 0. The van der Waals surface area contributed by atoms with E-state index in [4.69, 9.17) is 4.74 Å². The number of ether oxygens (including phenoxy) is 1. The van der Waals surface area contributed by atoms with Gasteiger partial charge in [-0.1, -0.05) is 31.5 Å². The van der Waals surface area contributed by atoms with Crippen molar-refractivity contribution in [3.63, 3.8) is 0 Å². The SMILES string of the molecule is CCCCN[C@H]1COc2ccccc2[C@H](O)C1. The highest BCUT2D eigenvalue weighted by Crippen LogP contribution is 2.30. The lowest BCUT2D eigenvalue weighted by Crippen LogP contribution is -2.35. The molecular weight excluding hydrogens is 214 g/mol. The average Bonchev–Trinajstić information content (AvgIpc) is 2.50.